The van der Waals surface area contributed by atoms with Gasteiger partial charge < -0.3 is 21.6 Å². The van der Waals surface area contributed by atoms with Crippen LogP contribution >= 0.6 is 7.26 Å². The highest BCUT2D eigenvalue weighted by Gasteiger charge is 2.47. The topological polar surface area (TPSA) is 39.4 Å². The average Bonchev–Trinajstić information content (AvgIpc) is 3.27. The Morgan fingerprint density at radius 1 is 0.781 bits per heavy atom. The van der Waals surface area contributed by atoms with Crippen LogP contribution in [0.4, 0.5) is 0 Å². The lowest BCUT2D eigenvalue weighted by molar-refractivity contribution is -0.0000357. The van der Waals surface area contributed by atoms with Gasteiger partial charge in [0.2, 0.25) is 0 Å². The maximum absolute atomic E-state index is 12.8. The minimum absolute atomic E-state index is 0. The highest BCUT2D eigenvalue weighted by atomic mass is 35.5. The molecule has 4 aromatic rings. The third-order valence-corrected chi connectivity index (χ3v) is 9.58. The minimum atomic E-state index is -2.14. The van der Waals surface area contributed by atoms with Gasteiger partial charge in [0.05, 0.1) is 12.4 Å². The van der Waals surface area contributed by atoms with Gasteiger partial charge in [-0.05, 0) is 56.3 Å². The first-order chi connectivity index (χ1) is 15.1. The Balaban J connectivity index is 0.00000289. The summed E-state index contributed by atoms with van der Waals surface area (Å²) in [6.07, 6.45) is 2.00. The highest BCUT2D eigenvalue weighted by molar-refractivity contribution is 7.95. The Morgan fingerprint density at radius 3 is 1.62 bits per heavy atom. The van der Waals surface area contributed by atoms with Crippen LogP contribution in [0.3, 0.4) is 0 Å². The van der Waals surface area contributed by atoms with Gasteiger partial charge in [-0.25, -0.2) is 4.79 Å². The van der Waals surface area contributed by atoms with Crippen LogP contribution in [0.25, 0.3) is 0 Å². The second kappa shape index (κ2) is 10.6. The van der Waals surface area contributed by atoms with Crippen molar-refractivity contribution < 1.29 is 26.4 Å². The Bertz CT molecular complexity index is 1030. The molecule has 0 fully saturated rings. The number of hydrogen-bond donors (Lipinski definition) is 0. The largest absolute Gasteiger partial charge is 1.00 e. The number of carbonyl (C=O) groups excluding carboxylic acids is 1. The fourth-order valence-corrected chi connectivity index (χ4v) is 8.07. The van der Waals surface area contributed by atoms with Crippen molar-refractivity contribution in [2.24, 2.45) is 0 Å². The molecule has 164 valence electrons. The number of hydrogen-bond acceptors (Lipinski definition) is 3. The maximum Gasteiger partial charge on any atom is 0.342 e. The third kappa shape index (κ3) is 4.80. The smallest absolute Gasteiger partial charge is 0.342 e. The molecular weight excluding hydrogens is 439 g/mol. The maximum atomic E-state index is 12.8. The van der Waals surface area contributed by atoms with E-state index in [1.54, 1.807) is 12.3 Å². The van der Waals surface area contributed by atoms with Crippen LogP contribution in [0, 0.1) is 0 Å². The molecular formula is C27H26ClO3P. The van der Waals surface area contributed by atoms with E-state index in [0.29, 0.717) is 17.5 Å². The molecule has 1 aromatic heterocycles. The van der Waals surface area contributed by atoms with Crippen molar-refractivity contribution in [1.82, 2.24) is 0 Å². The van der Waals surface area contributed by atoms with Gasteiger partial charge in [0, 0.05) is 0 Å². The molecule has 0 aliphatic carbocycles. The number of rotatable bonds is 7. The summed E-state index contributed by atoms with van der Waals surface area (Å²) >= 11 is 0. The molecule has 0 bridgehead atoms. The summed E-state index contributed by atoms with van der Waals surface area (Å²) in [6, 6.07) is 33.4. The zero-order valence-electron chi connectivity index (χ0n) is 18.1. The lowest BCUT2D eigenvalue weighted by Crippen LogP contribution is -3.00. The summed E-state index contributed by atoms with van der Waals surface area (Å²) in [6.45, 7) is 3.71. The Hall–Kier alpha value is -2.87. The third-order valence-electron chi connectivity index (χ3n) is 5.28. The van der Waals surface area contributed by atoms with E-state index in [1.165, 1.54) is 15.9 Å². The SMILES string of the molecule is CC(C)OC(=O)c1ccoc1C[P+](c1ccccc1)(c1ccccc1)c1ccccc1.[Cl-]. The molecule has 0 N–H and O–H groups in total. The fourth-order valence-electron chi connectivity index (χ4n) is 3.91. The lowest BCUT2D eigenvalue weighted by Gasteiger charge is -2.27. The standard InChI is InChI=1S/C27H26O3P.ClH/c1-21(2)30-27(28)25-18-19-29-26(25)20-31(22-12-6-3-7-13-22,23-14-8-4-9-15-23)24-16-10-5-11-17-24;/h3-19,21H,20H2,1-2H3;1H/q+1;/p-1. The number of halogens is 1. The van der Waals surface area contributed by atoms with Gasteiger partial charge in [0.1, 0.15) is 34.9 Å². The van der Waals surface area contributed by atoms with Crippen LogP contribution in [0.2, 0.25) is 0 Å². The van der Waals surface area contributed by atoms with Crippen LogP contribution in [0.5, 0.6) is 0 Å². The predicted octanol–water partition coefficient (Wildman–Crippen LogP) is 2.34. The average molecular weight is 465 g/mol. The summed E-state index contributed by atoms with van der Waals surface area (Å²) in [5.74, 6) is 0.321. The second-order valence-corrected chi connectivity index (χ2v) is 11.2. The molecule has 0 amide bonds. The Morgan fingerprint density at radius 2 is 1.22 bits per heavy atom. The number of ether oxygens (including phenoxy) is 1. The van der Waals surface area contributed by atoms with Gasteiger partial charge in [-0.1, -0.05) is 54.6 Å². The van der Waals surface area contributed by atoms with Crippen molar-refractivity contribution in [3.63, 3.8) is 0 Å². The van der Waals surface area contributed by atoms with E-state index in [9.17, 15) is 4.79 Å². The molecule has 5 heteroatoms. The Labute approximate surface area is 196 Å². The second-order valence-electron chi connectivity index (χ2n) is 7.69. The van der Waals surface area contributed by atoms with Crippen LogP contribution in [0.1, 0.15) is 30.0 Å². The van der Waals surface area contributed by atoms with E-state index in [-0.39, 0.29) is 24.5 Å². The normalized spacial score (nSPS) is 11.1. The molecule has 0 radical (unpaired) electrons. The van der Waals surface area contributed by atoms with Crippen LogP contribution in [0.15, 0.2) is 108 Å². The fraction of sp³-hybridized carbons (Fsp3) is 0.148. The van der Waals surface area contributed by atoms with E-state index in [4.69, 9.17) is 9.15 Å². The molecule has 4 rings (SSSR count). The first kappa shape index (κ1) is 23.8. The van der Waals surface area contributed by atoms with Crippen LogP contribution in [-0.2, 0) is 10.9 Å². The molecule has 32 heavy (non-hydrogen) atoms. The van der Waals surface area contributed by atoms with Crippen molar-refractivity contribution in [3.8, 4) is 0 Å². The highest BCUT2D eigenvalue weighted by Crippen LogP contribution is 2.58. The van der Waals surface area contributed by atoms with Crippen molar-refractivity contribution in [1.29, 1.82) is 0 Å². The Kier molecular flexibility index (Phi) is 7.90. The quantitative estimate of drug-likeness (QED) is 0.311. The van der Waals surface area contributed by atoms with Gasteiger partial charge in [-0.3, -0.25) is 0 Å². The molecule has 0 aliphatic heterocycles. The number of benzene rings is 3. The van der Waals surface area contributed by atoms with Gasteiger partial charge in [-0.2, -0.15) is 0 Å². The van der Waals surface area contributed by atoms with Gasteiger partial charge in [0.25, 0.3) is 0 Å². The summed E-state index contributed by atoms with van der Waals surface area (Å²) in [4.78, 5) is 12.8. The summed E-state index contributed by atoms with van der Waals surface area (Å²) < 4.78 is 11.4. The zero-order chi connectivity index (χ0) is 21.7. The first-order valence-corrected chi connectivity index (χ1v) is 12.4. The van der Waals surface area contributed by atoms with Crippen LogP contribution in [-0.4, -0.2) is 12.1 Å². The minimum Gasteiger partial charge on any atom is -1.00 e. The number of furan rings is 1. The van der Waals surface area contributed by atoms with E-state index in [1.807, 2.05) is 32.0 Å². The number of carbonyl (C=O) groups is 1. The molecule has 3 nitrogen and oxygen atoms in total. The monoisotopic (exact) mass is 464 g/mol. The van der Waals surface area contributed by atoms with Crippen molar-refractivity contribution >= 4 is 29.1 Å². The zero-order valence-corrected chi connectivity index (χ0v) is 19.8. The molecule has 0 unspecified atom stereocenters. The summed E-state index contributed by atoms with van der Waals surface area (Å²) in [5, 5.41) is 3.73. The van der Waals surface area contributed by atoms with Gasteiger partial charge in [0.15, 0.2) is 5.76 Å². The summed E-state index contributed by atoms with van der Waals surface area (Å²) in [7, 11) is -2.14. The molecule has 0 spiro atoms. The molecule has 0 saturated heterocycles. The van der Waals surface area contributed by atoms with E-state index in [0.717, 1.165) is 0 Å². The molecule has 0 saturated carbocycles. The molecule has 3 aromatic carbocycles. The van der Waals surface area contributed by atoms with E-state index in [2.05, 4.69) is 72.8 Å². The van der Waals surface area contributed by atoms with Crippen molar-refractivity contribution in [2.75, 3.05) is 0 Å². The van der Waals surface area contributed by atoms with Crippen LogP contribution < -0.4 is 28.3 Å². The van der Waals surface area contributed by atoms with Crippen molar-refractivity contribution in [3.05, 3.63) is 115 Å². The van der Waals surface area contributed by atoms with Crippen molar-refractivity contribution in [2.45, 2.75) is 26.1 Å². The number of esters is 1. The molecule has 0 aliphatic rings. The van der Waals surface area contributed by atoms with Gasteiger partial charge >= 0.3 is 5.97 Å². The first-order valence-electron chi connectivity index (χ1n) is 10.4. The molecule has 1 heterocycles. The van der Waals surface area contributed by atoms with E-state index >= 15 is 0 Å². The predicted molar refractivity (Wildman–Crippen MR) is 128 cm³/mol. The summed E-state index contributed by atoms with van der Waals surface area (Å²) in [5.41, 5.74) is 0.501. The van der Waals surface area contributed by atoms with E-state index < -0.39 is 7.26 Å². The lowest BCUT2D eigenvalue weighted by atomic mass is 10.2. The molecule has 0 atom stereocenters. The van der Waals surface area contributed by atoms with Gasteiger partial charge in [-0.15, -0.1) is 0 Å².